The first-order valence-electron chi connectivity index (χ1n) is 7.66. The van der Waals surface area contributed by atoms with Crippen molar-refractivity contribution in [1.82, 2.24) is 5.32 Å². The van der Waals surface area contributed by atoms with E-state index in [0.29, 0.717) is 6.54 Å². The summed E-state index contributed by atoms with van der Waals surface area (Å²) in [5, 5.41) is 13.5. The molecule has 0 spiro atoms. The van der Waals surface area contributed by atoms with Gasteiger partial charge in [-0.15, -0.1) is 0 Å². The molecule has 6 nitrogen and oxygen atoms in total. The highest BCUT2D eigenvalue weighted by atomic mass is 16.6. The zero-order valence-electron chi connectivity index (χ0n) is 13.7. The van der Waals surface area contributed by atoms with Crippen LogP contribution in [0.1, 0.15) is 24.0 Å². The van der Waals surface area contributed by atoms with Crippen molar-refractivity contribution in [2.45, 2.75) is 19.3 Å². The van der Waals surface area contributed by atoms with Gasteiger partial charge in [-0.3, -0.25) is 14.9 Å². The summed E-state index contributed by atoms with van der Waals surface area (Å²) in [6.07, 6.45) is 0.725. The van der Waals surface area contributed by atoms with Gasteiger partial charge in [0.1, 0.15) is 5.75 Å². The molecular weight excluding hydrogens is 308 g/mol. The summed E-state index contributed by atoms with van der Waals surface area (Å²) in [5.41, 5.74) is 1.88. The van der Waals surface area contributed by atoms with E-state index in [9.17, 15) is 14.9 Å². The highest BCUT2D eigenvalue weighted by Gasteiger charge is 2.16. The molecule has 0 radical (unpaired) electrons. The van der Waals surface area contributed by atoms with Crippen LogP contribution < -0.4 is 10.1 Å². The third kappa shape index (κ3) is 4.55. The first-order chi connectivity index (χ1) is 11.5. The van der Waals surface area contributed by atoms with E-state index in [1.54, 1.807) is 26.2 Å². The van der Waals surface area contributed by atoms with E-state index in [-0.39, 0.29) is 17.5 Å². The van der Waals surface area contributed by atoms with Gasteiger partial charge in [-0.05, 0) is 36.6 Å². The standard InChI is InChI=1S/C18H20N2O4/c1-13(15-5-7-16(8-6-15)20(22)23)18(21)19-12-11-14-3-9-17(24-2)10-4-14/h3-10,13H,11-12H2,1-2H3,(H,19,21)/t13-/m1/s1. The molecule has 6 heteroatoms. The quantitative estimate of drug-likeness (QED) is 0.625. The van der Waals surface area contributed by atoms with Crippen LogP contribution in [0.5, 0.6) is 5.75 Å². The summed E-state index contributed by atoms with van der Waals surface area (Å²) >= 11 is 0. The molecule has 0 saturated carbocycles. The molecule has 2 rings (SSSR count). The Morgan fingerprint density at radius 2 is 1.79 bits per heavy atom. The Bertz CT molecular complexity index is 696. The van der Waals surface area contributed by atoms with Crippen molar-refractivity contribution in [3.05, 3.63) is 69.8 Å². The van der Waals surface area contributed by atoms with Gasteiger partial charge in [0.05, 0.1) is 18.0 Å². The first-order valence-corrected chi connectivity index (χ1v) is 7.66. The fraction of sp³-hybridized carbons (Fsp3) is 0.278. The molecule has 0 aliphatic heterocycles. The van der Waals surface area contributed by atoms with Gasteiger partial charge >= 0.3 is 0 Å². The monoisotopic (exact) mass is 328 g/mol. The summed E-state index contributed by atoms with van der Waals surface area (Å²) in [4.78, 5) is 22.4. The Morgan fingerprint density at radius 3 is 2.33 bits per heavy atom. The van der Waals surface area contributed by atoms with Crippen LogP contribution in [0.2, 0.25) is 0 Å². The third-order valence-corrected chi connectivity index (χ3v) is 3.87. The van der Waals surface area contributed by atoms with Gasteiger partial charge in [0.25, 0.3) is 5.69 Å². The average molecular weight is 328 g/mol. The van der Waals surface area contributed by atoms with Gasteiger partial charge < -0.3 is 10.1 Å². The van der Waals surface area contributed by atoms with Crippen LogP contribution in [-0.2, 0) is 11.2 Å². The maximum atomic E-state index is 12.2. The number of amides is 1. The SMILES string of the molecule is COc1ccc(CCNC(=O)[C@H](C)c2ccc([N+](=O)[O-])cc2)cc1. The topological polar surface area (TPSA) is 81.5 Å². The van der Waals surface area contributed by atoms with Crippen molar-refractivity contribution in [1.29, 1.82) is 0 Å². The smallest absolute Gasteiger partial charge is 0.269 e. The maximum Gasteiger partial charge on any atom is 0.269 e. The largest absolute Gasteiger partial charge is 0.497 e. The normalized spacial score (nSPS) is 11.6. The van der Waals surface area contributed by atoms with Crippen LogP contribution >= 0.6 is 0 Å². The molecule has 0 aliphatic rings. The lowest BCUT2D eigenvalue weighted by Gasteiger charge is -2.12. The number of nitrogens with zero attached hydrogens (tertiary/aromatic N) is 1. The Balaban J connectivity index is 1.85. The van der Waals surface area contributed by atoms with Gasteiger partial charge in [-0.25, -0.2) is 0 Å². The lowest BCUT2D eigenvalue weighted by Crippen LogP contribution is -2.29. The molecule has 126 valence electrons. The van der Waals surface area contributed by atoms with Crippen molar-refractivity contribution in [3.8, 4) is 5.75 Å². The Hall–Kier alpha value is -2.89. The second kappa shape index (κ2) is 8.10. The number of hydrogen-bond donors (Lipinski definition) is 1. The zero-order valence-corrected chi connectivity index (χ0v) is 13.7. The van der Waals surface area contributed by atoms with Crippen molar-refractivity contribution < 1.29 is 14.5 Å². The van der Waals surface area contributed by atoms with Gasteiger partial charge in [0.2, 0.25) is 5.91 Å². The fourth-order valence-electron chi connectivity index (χ4n) is 2.31. The van der Waals surface area contributed by atoms with Crippen LogP contribution in [0, 0.1) is 10.1 Å². The number of nitrogens with one attached hydrogen (secondary N) is 1. The minimum atomic E-state index is -0.455. The van der Waals surface area contributed by atoms with Gasteiger partial charge in [0.15, 0.2) is 0 Å². The van der Waals surface area contributed by atoms with E-state index >= 15 is 0 Å². The fourth-order valence-corrected chi connectivity index (χ4v) is 2.31. The maximum absolute atomic E-state index is 12.2. The van der Waals surface area contributed by atoms with Crippen molar-refractivity contribution in [3.63, 3.8) is 0 Å². The number of non-ortho nitro benzene ring substituents is 1. The summed E-state index contributed by atoms with van der Waals surface area (Å²) in [7, 11) is 1.62. The van der Waals surface area contributed by atoms with E-state index in [0.717, 1.165) is 23.3 Å². The lowest BCUT2D eigenvalue weighted by atomic mass is 10.00. The molecule has 0 unspecified atom stereocenters. The van der Waals surface area contributed by atoms with E-state index < -0.39 is 4.92 Å². The summed E-state index contributed by atoms with van der Waals surface area (Å²) in [6, 6.07) is 13.8. The molecular formula is C18H20N2O4. The average Bonchev–Trinajstić information content (AvgIpc) is 2.61. The second-order valence-electron chi connectivity index (χ2n) is 5.46. The summed E-state index contributed by atoms with van der Waals surface area (Å²) < 4.78 is 5.10. The highest BCUT2D eigenvalue weighted by molar-refractivity contribution is 5.83. The Labute approximate surface area is 140 Å². The molecule has 0 aliphatic carbocycles. The van der Waals surface area contributed by atoms with E-state index in [2.05, 4.69) is 5.32 Å². The molecule has 0 bridgehead atoms. The van der Waals surface area contributed by atoms with Crippen LogP contribution in [0.25, 0.3) is 0 Å². The summed E-state index contributed by atoms with van der Waals surface area (Å²) in [6.45, 7) is 2.31. The third-order valence-electron chi connectivity index (χ3n) is 3.87. The molecule has 0 aromatic heterocycles. The summed E-state index contributed by atoms with van der Waals surface area (Å²) in [5.74, 6) is 0.341. The molecule has 1 amide bonds. The van der Waals surface area contributed by atoms with Crippen LogP contribution in [-0.4, -0.2) is 24.5 Å². The number of hydrogen-bond acceptors (Lipinski definition) is 4. The van der Waals surface area contributed by atoms with E-state index in [1.807, 2.05) is 24.3 Å². The van der Waals surface area contributed by atoms with Crippen molar-refractivity contribution >= 4 is 11.6 Å². The number of carbonyl (C=O) groups is 1. The second-order valence-corrected chi connectivity index (χ2v) is 5.46. The number of rotatable bonds is 7. The van der Waals surface area contributed by atoms with Crippen LogP contribution in [0.4, 0.5) is 5.69 Å². The number of benzene rings is 2. The molecule has 0 fully saturated rings. The predicted molar refractivity (Wildman–Crippen MR) is 91.2 cm³/mol. The van der Waals surface area contributed by atoms with Gasteiger partial charge in [-0.2, -0.15) is 0 Å². The number of carbonyl (C=O) groups excluding carboxylic acids is 1. The minimum Gasteiger partial charge on any atom is -0.497 e. The molecule has 2 aromatic carbocycles. The molecule has 1 N–H and O–H groups in total. The minimum absolute atomic E-state index is 0.0193. The molecule has 2 aromatic rings. The zero-order chi connectivity index (χ0) is 17.5. The molecule has 1 atom stereocenters. The number of ether oxygens (including phenoxy) is 1. The molecule has 0 saturated heterocycles. The molecule has 24 heavy (non-hydrogen) atoms. The predicted octanol–water partition coefficient (Wildman–Crippen LogP) is 3.07. The van der Waals surface area contributed by atoms with Crippen molar-refractivity contribution in [2.24, 2.45) is 0 Å². The number of nitro benzene ring substituents is 1. The van der Waals surface area contributed by atoms with Gasteiger partial charge in [0, 0.05) is 18.7 Å². The van der Waals surface area contributed by atoms with Crippen LogP contribution in [0.15, 0.2) is 48.5 Å². The Morgan fingerprint density at radius 1 is 1.17 bits per heavy atom. The van der Waals surface area contributed by atoms with Gasteiger partial charge in [-0.1, -0.05) is 24.3 Å². The number of nitro groups is 1. The Kier molecular flexibility index (Phi) is 5.89. The number of methoxy groups -OCH3 is 1. The van der Waals surface area contributed by atoms with E-state index in [4.69, 9.17) is 4.74 Å². The molecule has 0 heterocycles. The van der Waals surface area contributed by atoms with E-state index in [1.165, 1.54) is 12.1 Å². The van der Waals surface area contributed by atoms with Crippen LogP contribution in [0.3, 0.4) is 0 Å². The first kappa shape index (κ1) is 17.5. The lowest BCUT2D eigenvalue weighted by molar-refractivity contribution is -0.384. The highest BCUT2D eigenvalue weighted by Crippen LogP contribution is 2.19. The van der Waals surface area contributed by atoms with Crippen molar-refractivity contribution in [2.75, 3.05) is 13.7 Å².